The lowest BCUT2D eigenvalue weighted by Gasteiger charge is -2.32. The highest BCUT2D eigenvalue weighted by molar-refractivity contribution is 5.70. The van der Waals surface area contributed by atoms with Crippen LogP contribution in [0.2, 0.25) is 0 Å². The molecule has 0 unspecified atom stereocenters. The maximum absolute atomic E-state index is 11.2. The molecule has 1 aromatic heterocycles. The second kappa shape index (κ2) is 7.09. The van der Waals surface area contributed by atoms with E-state index in [9.17, 15) is 9.90 Å². The van der Waals surface area contributed by atoms with E-state index in [1.807, 2.05) is 38.1 Å². The maximum Gasteiger partial charge on any atom is 0.306 e. The number of hydrogen-bond acceptors (Lipinski definition) is 5. The molecule has 1 aliphatic heterocycles. The van der Waals surface area contributed by atoms with Crippen LogP contribution in [-0.2, 0) is 4.79 Å². The highest BCUT2D eigenvalue weighted by Gasteiger charge is 2.26. The Morgan fingerprint density at radius 3 is 2.36 bits per heavy atom. The number of carboxylic acids is 1. The summed E-state index contributed by atoms with van der Waals surface area (Å²) in [4.78, 5) is 22.7. The molecule has 0 saturated carbocycles. The number of carboxylic acid groups (broad SMARTS) is 1. The fourth-order valence-corrected chi connectivity index (χ4v) is 3.13. The van der Waals surface area contributed by atoms with Gasteiger partial charge in [-0.2, -0.15) is 0 Å². The molecule has 0 amide bonds. The second-order valence-corrected chi connectivity index (χ2v) is 6.41. The SMILES string of the molecule is COc1ccc(-c2nc(C)c(C)c(N3CCC(C(=O)O)CC3)n2)cc1. The number of methoxy groups -OCH3 is 1. The Morgan fingerprint density at radius 2 is 1.80 bits per heavy atom. The second-order valence-electron chi connectivity index (χ2n) is 6.41. The van der Waals surface area contributed by atoms with E-state index in [-0.39, 0.29) is 5.92 Å². The van der Waals surface area contributed by atoms with Gasteiger partial charge in [0, 0.05) is 29.9 Å². The molecule has 6 heteroatoms. The minimum Gasteiger partial charge on any atom is -0.497 e. The molecule has 25 heavy (non-hydrogen) atoms. The smallest absolute Gasteiger partial charge is 0.306 e. The normalized spacial score (nSPS) is 15.2. The molecule has 1 fully saturated rings. The van der Waals surface area contributed by atoms with Gasteiger partial charge in [0.25, 0.3) is 0 Å². The molecule has 2 heterocycles. The van der Waals surface area contributed by atoms with E-state index in [2.05, 4.69) is 9.88 Å². The third kappa shape index (κ3) is 3.57. The molecular formula is C19H23N3O3. The Balaban J connectivity index is 1.89. The summed E-state index contributed by atoms with van der Waals surface area (Å²) < 4.78 is 5.20. The van der Waals surface area contributed by atoms with Crippen molar-refractivity contribution in [2.24, 2.45) is 5.92 Å². The first kappa shape index (κ1) is 17.2. The van der Waals surface area contributed by atoms with E-state index in [0.29, 0.717) is 31.8 Å². The van der Waals surface area contributed by atoms with E-state index in [0.717, 1.165) is 28.4 Å². The molecule has 132 valence electrons. The molecular weight excluding hydrogens is 318 g/mol. The number of aromatic nitrogens is 2. The summed E-state index contributed by atoms with van der Waals surface area (Å²) in [6.07, 6.45) is 1.30. The number of aryl methyl sites for hydroxylation is 1. The largest absolute Gasteiger partial charge is 0.497 e. The van der Waals surface area contributed by atoms with E-state index in [4.69, 9.17) is 9.72 Å². The van der Waals surface area contributed by atoms with Crippen LogP contribution in [0.15, 0.2) is 24.3 Å². The number of anilines is 1. The third-order valence-electron chi connectivity index (χ3n) is 4.86. The highest BCUT2D eigenvalue weighted by Crippen LogP contribution is 2.28. The quantitative estimate of drug-likeness (QED) is 0.921. The molecule has 0 bridgehead atoms. The van der Waals surface area contributed by atoms with Crippen LogP contribution < -0.4 is 9.64 Å². The van der Waals surface area contributed by atoms with Gasteiger partial charge in [-0.25, -0.2) is 9.97 Å². The van der Waals surface area contributed by atoms with Crippen LogP contribution in [0, 0.1) is 19.8 Å². The summed E-state index contributed by atoms with van der Waals surface area (Å²) in [7, 11) is 1.64. The van der Waals surface area contributed by atoms with Crippen molar-refractivity contribution in [3.63, 3.8) is 0 Å². The first-order valence-corrected chi connectivity index (χ1v) is 8.47. The third-order valence-corrected chi connectivity index (χ3v) is 4.86. The van der Waals surface area contributed by atoms with Gasteiger partial charge in [-0.1, -0.05) is 0 Å². The van der Waals surface area contributed by atoms with Crippen molar-refractivity contribution in [2.45, 2.75) is 26.7 Å². The number of benzene rings is 1. The number of piperidine rings is 1. The van der Waals surface area contributed by atoms with Crippen LogP contribution in [-0.4, -0.2) is 41.2 Å². The van der Waals surface area contributed by atoms with Gasteiger partial charge in [0.05, 0.1) is 13.0 Å². The van der Waals surface area contributed by atoms with Crippen LogP contribution in [0.5, 0.6) is 5.75 Å². The molecule has 1 saturated heterocycles. The number of aliphatic carboxylic acids is 1. The van der Waals surface area contributed by atoms with Crippen molar-refractivity contribution < 1.29 is 14.6 Å². The predicted molar refractivity (Wildman–Crippen MR) is 96.1 cm³/mol. The van der Waals surface area contributed by atoms with Crippen molar-refractivity contribution in [2.75, 3.05) is 25.1 Å². The summed E-state index contributed by atoms with van der Waals surface area (Å²) in [6, 6.07) is 7.69. The number of nitrogens with zero attached hydrogens (tertiary/aromatic N) is 3. The van der Waals surface area contributed by atoms with Gasteiger partial charge < -0.3 is 14.7 Å². The molecule has 1 N–H and O–H groups in total. The van der Waals surface area contributed by atoms with Crippen LogP contribution in [0.3, 0.4) is 0 Å². The molecule has 0 spiro atoms. The minimum atomic E-state index is -0.700. The Morgan fingerprint density at radius 1 is 1.16 bits per heavy atom. The fourth-order valence-electron chi connectivity index (χ4n) is 3.13. The van der Waals surface area contributed by atoms with Gasteiger partial charge in [-0.15, -0.1) is 0 Å². The molecule has 6 nitrogen and oxygen atoms in total. The molecule has 1 aliphatic rings. The van der Waals surface area contributed by atoms with Gasteiger partial charge >= 0.3 is 5.97 Å². The number of carbonyl (C=O) groups is 1. The zero-order valence-electron chi connectivity index (χ0n) is 14.8. The van der Waals surface area contributed by atoms with Crippen LogP contribution in [0.1, 0.15) is 24.1 Å². The first-order chi connectivity index (χ1) is 12.0. The number of hydrogen-bond donors (Lipinski definition) is 1. The Kier molecular flexibility index (Phi) is 4.88. The van der Waals surface area contributed by atoms with Gasteiger partial charge in [-0.05, 0) is 51.0 Å². The maximum atomic E-state index is 11.2. The number of ether oxygens (including phenoxy) is 1. The Hall–Kier alpha value is -2.63. The lowest BCUT2D eigenvalue weighted by atomic mass is 9.97. The van der Waals surface area contributed by atoms with Crippen molar-refractivity contribution in [3.05, 3.63) is 35.5 Å². The first-order valence-electron chi connectivity index (χ1n) is 8.47. The molecule has 1 aromatic carbocycles. The van der Waals surface area contributed by atoms with Crippen molar-refractivity contribution in [1.29, 1.82) is 0 Å². The monoisotopic (exact) mass is 341 g/mol. The lowest BCUT2D eigenvalue weighted by molar-refractivity contribution is -0.142. The molecule has 0 aliphatic carbocycles. The summed E-state index contributed by atoms with van der Waals surface area (Å²) >= 11 is 0. The van der Waals surface area contributed by atoms with E-state index < -0.39 is 5.97 Å². The van der Waals surface area contributed by atoms with Gasteiger partial charge in [-0.3, -0.25) is 4.79 Å². The predicted octanol–water partition coefficient (Wildman–Crippen LogP) is 3.07. The molecule has 0 radical (unpaired) electrons. The van der Waals surface area contributed by atoms with Crippen LogP contribution >= 0.6 is 0 Å². The summed E-state index contributed by atoms with van der Waals surface area (Å²) in [5.74, 6) is 1.43. The van der Waals surface area contributed by atoms with E-state index in [1.165, 1.54) is 0 Å². The average molecular weight is 341 g/mol. The Bertz CT molecular complexity index is 766. The standard InChI is InChI=1S/C19H23N3O3/c1-12-13(2)20-17(14-4-6-16(25-3)7-5-14)21-18(12)22-10-8-15(9-11-22)19(23)24/h4-7,15H,8-11H2,1-3H3,(H,23,24). The molecule has 3 rings (SSSR count). The van der Waals surface area contributed by atoms with Crippen molar-refractivity contribution in [1.82, 2.24) is 9.97 Å². The van der Waals surface area contributed by atoms with Crippen molar-refractivity contribution >= 4 is 11.8 Å². The Labute approximate surface area is 147 Å². The van der Waals surface area contributed by atoms with Crippen LogP contribution in [0.25, 0.3) is 11.4 Å². The average Bonchev–Trinajstić information content (AvgIpc) is 2.64. The summed E-state index contributed by atoms with van der Waals surface area (Å²) in [5.41, 5.74) is 2.92. The molecule has 0 atom stereocenters. The zero-order chi connectivity index (χ0) is 18.0. The topological polar surface area (TPSA) is 75.5 Å². The van der Waals surface area contributed by atoms with Gasteiger partial charge in [0.1, 0.15) is 11.6 Å². The zero-order valence-corrected chi connectivity index (χ0v) is 14.8. The van der Waals surface area contributed by atoms with Gasteiger partial charge in [0.2, 0.25) is 0 Å². The summed E-state index contributed by atoms with van der Waals surface area (Å²) in [6.45, 7) is 5.41. The molecule has 2 aromatic rings. The van der Waals surface area contributed by atoms with Gasteiger partial charge in [0.15, 0.2) is 5.82 Å². The lowest BCUT2D eigenvalue weighted by Crippen LogP contribution is -2.37. The fraction of sp³-hybridized carbons (Fsp3) is 0.421. The highest BCUT2D eigenvalue weighted by atomic mass is 16.5. The van der Waals surface area contributed by atoms with Crippen LogP contribution in [0.4, 0.5) is 5.82 Å². The number of rotatable bonds is 4. The minimum absolute atomic E-state index is 0.249. The van der Waals surface area contributed by atoms with E-state index >= 15 is 0 Å². The van der Waals surface area contributed by atoms with E-state index in [1.54, 1.807) is 7.11 Å². The van der Waals surface area contributed by atoms with Crippen molar-refractivity contribution in [3.8, 4) is 17.1 Å². The summed E-state index contributed by atoms with van der Waals surface area (Å²) in [5, 5.41) is 9.17.